The number of carbonyl (C=O) groups is 2. The summed E-state index contributed by atoms with van der Waals surface area (Å²) < 4.78 is 1.94. The number of amides is 2. The largest absolute Gasteiger partial charge is 0.481 e. The van der Waals surface area contributed by atoms with Crippen LogP contribution in [0.5, 0.6) is 0 Å². The van der Waals surface area contributed by atoms with Gasteiger partial charge in [-0.05, 0) is 51.0 Å². The van der Waals surface area contributed by atoms with Crippen molar-refractivity contribution in [1.29, 1.82) is 0 Å². The fourth-order valence-corrected chi connectivity index (χ4v) is 5.70. The van der Waals surface area contributed by atoms with Gasteiger partial charge in [0.1, 0.15) is 16.9 Å². The van der Waals surface area contributed by atoms with Gasteiger partial charge in [0.2, 0.25) is 0 Å². The summed E-state index contributed by atoms with van der Waals surface area (Å²) >= 11 is 1.62. The van der Waals surface area contributed by atoms with E-state index in [-0.39, 0.29) is 6.03 Å². The van der Waals surface area contributed by atoms with Crippen molar-refractivity contribution in [2.45, 2.75) is 40.3 Å². The van der Waals surface area contributed by atoms with Gasteiger partial charge in [-0.25, -0.2) is 4.79 Å². The van der Waals surface area contributed by atoms with Crippen molar-refractivity contribution in [2.75, 3.05) is 5.32 Å². The lowest BCUT2D eigenvalue weighted by Crippen LogP contribution is -2.28. The fraction of sp³-hybridized carbons (Fsp3) is 0.250. The van der Waals surface area contributed by atoms with Crippen LogP contribution in [0.25, 0.3) is 5.00 Å². The first-order chi connectivity index (χ1) is 18.2. The molecule has 2 aromatic heterocycles. The number of carbonyl (C=O) groups excluding carboxylic acids is 1. The Morgan fingerprint density at radius 3 is 2.45 bits per heavy atom. The van der Waals surface area contributed by atoms with Gasteiger partial charge in [0.25, 0.3) is 0 Å². The molecule has 10 heteroatoms. The molecule has 2 amide bonds. The van der Waals surface area contributed by atoms with Gasteiger partial charge in [0.15, 0.2) is 5.82 Å². The number of aromatic nitrogens is 3. The molecular formula is C28H28N6O3S. The molecule has 2 aromatic carbocycles. The second-order valence-electron chi connectivity index (χ2n) is 9.32. The summed E-state index contributed by atoms with van der Waals surface area (Å²) in [4.78, 5) is 30.6. The van der Waals surface area contributed by atoms with Gasteiger partial charge in [0.05, 0.1) is 11.6 Å². The number of aliphatic imine (C=N–C) groups is 1. The second-order valence-corrected chi connectivity index (χ2v) is 10.5. The molecule has 1 unspecified atom stereocenters. The zero-order chi connectivity index (χ0) is 27.0. The molecule has 2 atom stereocenters. The van der Waals surface area contributed by atoms with Crippen LogP contribution >= 0.6 is 11.3 Å². The Kier molecular flexibility index (Phi) is 6.81. The van der Waals surface area contributed by atoms with Crippen molar-refractivity contribution in [3.05, 3.63) is 93.4 Å². The van der Waals surface area contributed by atoms with Crippen LogP contribution in [-0.4, -0.2) is 37.6 Å². The summed E-state index contributed by atoms with van der Waals surface area (Å²) in [6.07, 6.45) is 0. The highest BCUT2D eigenvalue weighted by Crippen LogP contribution is 2.40. The van der Waals surface area contributed by atoms with Gasteiger partial charge >= 0.3 is 12.0 Å². The van der Waals surface area contributed by atoms with Gasteiger partial charge in [-0.15, -0.1) is 21.5 Å². The minimum Gasteiger partial charge on any atom is -0.481 e. The molecule has 1 aliphatic rings. The predicted molar refractivity (Wildman–Crippen MR) is 147 cm³/mol. The van der Waals surface area contributed by atoms with E-state index in [1.807, 2.05) is 73.0 Å². The summed E-state index contributed by atoms with van der Waals surface area (Å²) in [6, 6.07) is 16.1. The standard InChI is InChI=1S/C28H28N6O3S/c1-15-17(3)38-26-22(15)24(31-23(16(2)27(35)36)25-33-32-18(4)34(25)26)20-10-12-21(13-11-20)30-28(37)29-14-19-8-6-5-7-9-19/h5-13,16,23H,14H2,1-4H3,(H,35,36)(H2,29,30,37)/t16?,23-/m0/s1. The van der Waals surface area contributed by atoms with Gasteiger partial charge < -0.3 is 15.7 Å². The molecule has 0 fully saturated rings. The molecule has 194 valence electrons. The maximum atomic E-state index is 12.4. The SMILES string of the molecule is Cc1sc2c(c1C)C(c1ccc(NC(=O)NCc3ccccc3)cc1)=N[C@@H](C(C)C(=O)O)c1nnc(C)n1-2. The topological polar surface area (TPSA) is 122 Å². The third-order valence-corrected chi connectivity index (χ3v) is 7.96. The smallest absolute Gasteiger partial charge is 0.319 e. The zero-order valence-electron chi connectivity index (χ0n) is 21.5. The average Bonchev–Trinajstić information content (AvgIpc) is 3.38. The zero-order valence-corrected chi connectivity index (χ0v) is 22.3. The van der Waals surface area contributed by atoms with Crippen molar-refractivity contribution in [1.82, 2.24) is 20.1 Å². The first-order valence-electron chi connectivity index (χ1n) is 12.3. The number of urea groups is 1. The minimum atomic E-state index is -0.954. The Hall–Kier alpha value is -4.31. The Morgan fingerprint density at radius 2 is 1.76 bits per heavy atom. The van der Waals surface area contributed by atoms with Crippen molar-refractivity contribution >= 4 is 34.7 Å². The van der Waals surface area contributed by atoms with Gasteiger partial charge in [0, 0.05) is 28.2 Å². The van der Waals surface area contributed by atoms with Crippen molar-refractivity contribution < 1.29 is 14.7 Å². The molecule has 0 bridgehead atoms. The Bertz CT molecular complexity index is 1540. The fourth-order valence-electron chi connectivity index (χ4n) is 4.48. The van der Waals surface area contributed by atoms with Crippen LogP contribution in [0.2, 0.25) is 0 Å². The summed E-state index contributed by atoms with van der Waals surface area (Å²) in [5, 5.41) is 25.1. The van der Waals surface area contributed by atoms with E-state index in [4.69, 9.17) is 4.99 Å². The summed E-state index contributed by atoms with van der Waals surface area (Å²) in [6.45, 7) is 8.04. The first kappa shape index (κ1) is 25.3. The van der Waals surface area contributed by atoms with E-state index in [1.54, 1.807) is 18.3 Å². The Labute approximate surface area is 224 Å². The first-order valence-corrected chi connectivity index (χ1v) is 13.1. The third kappa shape index (κ3) is 4.70. The van der Waals surface area contributed by atoms with Crippen molar-refractivity contribution in [3.63, 3.8) is 0 Å². The van der Waals surface area contributed by atoms with Gasteiger partial charge in [-0.1, -0.05) is 42.5 Å². The number of hydrogen-bond acceptors (Lipinski definition) is 6. The van der Waals surface area contributed by atoms with Crippen LogP contribution in [0.15, 0.2) is 59.6 Å². The number of aliphatic carboxylic acids is 1. The number of fused-ring (bicyclic) bond motifs is 3. The number of carboxylic acids is 1. The second kappa shape index (κ2) is 10.2. The third-order valence-electron chi connectivity index (χ3n) is 6.76. The number of anilines is 1. The van der Waals surface area contributed by atoms with Gasteiger partial charge in [-0.3, -0.25) is 14.4 Å². The molecule has 0 saturated heterocycles. The summed E-state index contributed by atoms with van der Waals surface area (Å²) in [5.74, 6) is -0.563. The van der Waals surface area contributed by atoms with Crippen LogP contribution in [0.1, 0.15) is 51.7 Å². The van der Waals surface area contributed by atoms with E-state index in [9.17, 15) is 14.7 Å². The number of nitrogens with zero attached hydrogens (tertiary/aromatic N) is 4. The van der Waals surface area contributed by atoms with E-state index in [1.165, 1.54) is 0 Å². The lowest BCUT2D eigenvalue weighted by Gasteiger charge is -2.16. The Morgan fingerprint density at radius 1 is 1.05 bits per heavy atom. The molecule has 1 aliphatic heterocycles. The maximum Gasteiger partial charge on any atom is 0.319 e. The summed E-state index contributed by atoms with van der Waals surface area (Å²) in [7, 11) is 0. The number of rotatable bonds is 6. The molecule has 0 aliphatic carbocycles. The van der Waals surface area contributed by atoms with Crippen LogP contribution in [0.4, 0.5) is 10.5 Å². The molecule has 9 nitrogen and oxygen atoms in total. The molecule has 38 heavy (non-hydrogen) atoms. The number of carboxylic acid groups (broad SMARTS) is 1. The normalized spacial score (nSPS) is 15.1. The van der Waals surface area contributed by atoms with Crippen LogP contribution < -0.4 is 10.6 Å². The number of hydrogen-bond donors (Lipinski definition) is 3. The van der Waals surface area contributed by atoms with E-state index in [0.717, 1.165) is 32.1 Å². The average molecular weight is 529 g/mol. The quantitative estimate of drug-likeness (QED) is 0.318. The van der Waals surface area contributed by atoms with E-state index in [0.29, 0.717) is 29.6 Å². The number of aryl methyl sites for hydroxylation is 2. The molecule has 0 radical (unpaired) electrons. The van der Waals surface area contributed by atoms with Crippen LogP contribution in [0.3, 0.4) is 0 Å². The minimum absolute atomic E-state index is 0.302. The predicted octanol–water partition coefficient (Wildman–Crippen LogP) is 5.19. The van der Waals surface area contributed by atoms with E-state index >= 15 is 0 Å². The number of benzene rings is 2. The molecule has 0 saturated carbocycles. The lowest BCUT2D eigenvalue weighted by molar-refractivity contribution is -0.141. The van der Waals surface area contributed by atoms with Crippen molar-refractivity contribution in [2.24, 2.45) is 10.9 Å². The lowest BCUT2D eigenvalue weighted by atomic mass is 9.98. The molecule has 4 aromatic rings. The molecule has 0 spiro atoms. The van der Waals surface area contributed by atoms with Crippen molar-refractivity contribution in [3.8, 4) is 5.00 Å². The molecule has 3 N–H and O–H groups in total. The van der Waals surface area contributed by atoms with Crippen LogP contribution in [-0.2, 0) is 11.3 Å². The van der Waals surface area contributed by atoms with E-state index in [2.05, 4.69) is 27.8 Å². The number of nitrogens with one attached hydrogen (secondary N) is 2. The molecule has 3 heterocycles. The highest BCUT2D eigenvalue weighted by atomic mass is 32.1. The van der Waals surface area contributed by atoms with Gasteiger partial charge in [-0.2, -0.15) is 0 Å². The highest BCUT2D eigenvalue weighted by molar-refractivity contribution is 7.15. The van der Waals surface area contributed by atoms with E-state index < -0.39 is 17.9 Å². The molecule has 5 rings (SSSR count). The highest BCUT2D eigenvalue weighted by Gasteiger charge is 2.36. The number of thiophene rings is 1. The van der Waals surface area contributed by atoms with Crippen LogP contribution in [0, 0.1) is 26.7 Å². The maximum absolute atomic E-state index is 12.4. The Balaban J connectivity index is 1.48. The monoisotopic (exact) mass is 528 g/mol. The summed E-state index contributed by atoms with van der Waals surface area (Å²) in [5.41, 5.74) is 5.19. The molecular weight excluding hydrogens is 500 g/mol.